The summed E-state index contributed by atoms with van der Waals surface area (Å²) in [5.41, 5.74) is -0.657. The van der Waals surface area contributed by atoms with Crippen molar-refractivity contribution in [3.8, 4) is 0 Å². The predicted molar refractivity (Wildman–Crippen MR) is 91.4 cm³/mol. The van der Waals surface area contributed by atoms with Crippen molar-refractivity contribution in [3.63, 3.8) is 0 Å². The topological polar surface area (TPSA) is 84.9 Å². The van der Waals surface area contributed by atoms with Gasteiger partial charge in [0.15, 0.2) is 0 Å². The molecule has 0 spiro atoms. The van der Waals surface area contributed by atoms with E-state index in [4.69, 9.17) is 9.47 Å². The van der Waals surface area contributed by atoms with Crippen molar-refractivity contribution in [2.45, 2.75) is 66.2 Å². The Bertz CT molecular complexity index is 454. The van der Waals surface area contributed by atoms with Gasteiger partial charge in [-0.25, -0.2) is 9.59 Å². The van der Waals surface area contributed by atoms with Crippen molar-refractivity contribution in [2.75, 3.05) is 14.2 Å². The average Bonchev–Trinajstić information content (AvgIpc) is 2.41. The van der Waals surface area contributed by atoms with E-state index in [1.807, 2.05) is 27.7 Å². The summed E-state index contributed by atoms with van der Waals surface area (Å²) in [6, 6.07) is -1.53. The highest BCUT2D eigenvalue weighted by molar-refractivity contribution is 5.89. The van der Waals surface area contributed by atoms with Crippen molar-refractivity contribution in [3.05, 3.63) is 0 Å². The van der Waals surface area contributed by atoms with Crippen molar-refractivity contribution in [2.24, 2.45) is 11.8 Å². The lowest BCUT2D eigenvalue weighted by molar-refractivity contribution is -0.147. The highest BCUT2D eigenvalue weighted by Gasteiger charge is 2.35. The Morgan fingerprint density at radius 2 is 1.50 bits per heavy atom. The van der Waals surface area contributed by atoms with Crippen LogP contribution in [-0.2, 0) is 19.1 Å². The van der Waals surface area contributed by atoms with Gasteiger partial charge in [-0.15, -0.1) is 0 Å². The molecule has 0 unspecified atom stereocenters. The standard InChI is InChI=1S/C17H32N2O5/c1-10(2)12(15(21)23-9)18-14(20)13(11(3)4)19(8)16(22)24-17(5,6)7/h10-13H,1-9H3,(H,18,20)/t12-,13+/m0/s1. The fourth-order valence-corrected chi connectivity index (χ4v) is 2.24. The van der Waals surface area contributed by atoms with E-state index in [-0.39, 0.29) is 11.8 Å². The van der Waals surface area contributed by atoms with Crippen LogP contribution in [0.3, 0.4) is 0 Å². The number of carbonyl (C=O) groups excluding carboxylic acids is 3. The molecule has 2 atom stereocenters. The SMILES string of the molecule is COC(=O)[C@@H](NC(=O)[C@@H](C(C)C)N(C)C(=O)OC(C)(C)C)C(C)C. The molecular formula is C17H32N2O5. The number of esters is 1. The van der Waals surface area contributed by atoms with Crippen LogP contribution in [0.5, 0.6) is 0 Å². The number of hydrogen-bond donors (Lipinski definition) is 1. The minimum atomic E-state index is -0.768. The Labute approximate surface area is 145 Å². The van der Waals surface area contributed by atoms with E-state index < -0.39 is 35.7 Å². The summed E-state index contributed by atoms with van der Waals surface area (Å²) in [7, 11) is 2.79. The van der Waals surface area contributed by atoms with Crippen LogP contribution in [0.15, 0.2) is 0 Å². The Morgan fingerprint density at radius 1 is 1.00 bits per heavy atom. The number of nitrogens with one attached hydrogen (secondary N) is 1. The Hall–Kier alpha value is -1.79. The zero-order valence-corrected chi connectivity index (χ0v) is 16.3. The van der Waals surface area contributed by atoms with Crippen molar-refractivity contribution >= 4 is 18.0 Å². The summed E-state index contributed by atoms with van der Waals surface area (Å²) >= 11 is 0. The number of amides is 2. The quantitative estimate of drug-likeness (QED) is 0.747. The monoisotopic (exact) mass is 344 g/mol. The molecule has 1 N–H and O–H groups in total. The first-order valence-corrected chi connectivity index (χ1v) is 8.15. The molecule has 0 aliphatic rings. The van der Waals surface area contributed by atoms with E-state index >= 15 is 0 Å². The van der Waals surface area contributed by atoms with Gasteiger partial charge in [-0.1, -0.05) is 27.7 Å². The van der Waals surface area contributed by atoms with Gasteiger partial charge in [-0.2, -0.15) is 0 Å². The van der Waals surface area contributed by atoms with E-state index in [1.54, 1.807) is 20.8 Å². The average molecular weight is 344 g/mol. The van der Waals surface area contributed by atoms with Crippen LogP contribution >= 0.6 is 0 Å². The van der Waals surface area contributed by atoms with Crippen LogP contribution in [-0.4, -0.2) is 54.7 Å². The molecule has 0 fully saturated rings. The third kappa shape index (κ3) is 6.76. The smallest absolute Gasteiger partial charge is 0.410 e. The number of likely N-dealkylation sites (N-methyl/N-ethyl adjacent to an activating group) is 1. The molecule has 0 saturated heterocycles. The second kappa shape index (κ2) is 8.89. The molecule has 7 heteroatoms. The van der Waals surface area contributed by atoms with Gasteiger partial charge in [-0.05, 0) is 32.6 Å². The van der Waals surface area contributed by atoms with E-state index in [0.29, 0.717) is 0 Å². The maximum atomic E-state index is 12.7. The molecule has 0 aromatic carbocycles. The summed E-state index contributed by atoms with van der Waals surface area (Å²) in [5, 5.41) is 2.68. The Balaban J connectivity index is 5.26. The van der Waals surface area contributed by atoms with Gasteiger partial charge in [0.05, 0.1) is 7.11 Å². The minimum Gasteiger partial charge on any atom is -0.467 e. The number of methoxy groups -OCH3 is 1. The first kappa shape index (κ1) is 22.2. The number of rotatable bonds is 6. The maximum Gasteiger partial charge on any atom is 0.410 e. The lowest BCUT2D eigenvalue weighted by Gasteiger charge is -2.33. The molecule has 24 heavy (non-hydrogen) atoms. The van der Waals surface area contributed by atoms with Gasteiger partial charge >= 0.3 is 12.1 Å². The third-order valence-corrected chi connectivity index (χ3v) is 3.42. The van der Waals surface area contributed by atoms with Gasteiger partial charge in [0.2, 0.25) is 5.91 Å². The molecule has 0 rings (SSSR count). The lowest BCUT2D eigenvalue weighted by atomic mass is 9.99. The van der Waals surface area contributed by atoms with Crippen molar-refractivity contribution < 1.29 is 23.9 Å². The molecule has 0 aliphatic carbocycles. The first-order chi connectivity index (χ1) is 10.8. The van der Waals surface area contributed by atoms with Gasteiger partial charge in [-0.3, -0.25) is 9.69 Å². The van der Waals surface area contributed by atoms with Crippen LogP contribution in [0.25, 0.3) is 0 Å². The molecule has 0 aromatic rings. The Kier molecular flexibility index (Phi) is 8.23. The Morgan fingerprint density at radius 3 is 1.83 bits per heavy atom. The summed E-state index contributed by atoms with van der Waals surface area (Å²) in [6.45, 7) is 12.6. The lowest BCUT2D eigenvalue weighted by Crippen LogP contribution is -2.56. The molecule has 0 radical (unpaired) electrons. The van der Waals surface area contributed by atoms with E-state index in [9.17, 15) is 14.4 Å². The normalized spacial score (nSPS) is 14.1. The molecule has 0 saturated carbocycles. The van der Waals surface area contributed by atoms with Crippen molar-refractivity contribution in [1.82, 2.24) is 10.2 Å². The molecule has 2 amide bonds. The largest absolute Gasteiger partial charge is 0.467 e. The fraction of sp³-hybridized carbons (Fsp3) is 0.824. The molecule has 0 bridgehead atoms. The van der Waals surface area contributed by atoms with Crippen LogP contribution in [0.1, 0.15) is 48.5 Å². The molecule has 0 aromatic heterocycles. The van der Waals surface area contributed by atoms with Crippen LogP contribution < -0.4 is 5.32 Å². The number of ether oxygens (including phenoxy) is 2. The van der Waals surface area contributed by atoms with Crippen molar-refractivity contribution in [1.29, 1.82) is 0 Å². The zero-order chi connectivity index (χ0) is 19.2. The second-order valence-electron chi connectivity index (χ2n) is 7.53. The molecule has 0 heterocycles. The highest BCUT2D eigenvalue weighted by Crippen LogP contribution is 2.16. The fourth-order valence-electron chi connectivity index (χ4n) is 2.24. The van der Waals surface area contributed by atoms with E-state index in [2.05, 4.69) is 5.32 Å². The first-order valence-electron chi connectivity index (χ1n) is 8.15. The molecule has 0 aliphatic heterocycles. The van der Waals surface area contributed by atoms with Gasteiger partial charge in [0, 0.05) is 7.05 Å². The van der Waals surface area contributed by atoms with Crippen LogP contribution in [0.2, 0.25) is 0 Å². The van der Waals surface area contributed by atoms with Gasteiger partial charge in [0.25, 0.3) is 0 Å². The maximum absolute atomic E-state index is 12.7. The van der Waals surface area contributed by atoms with E-state index in [1.165, 1.54) is 19.1 Å². The molecular weight excluding hydrogens is 312 g/mol. The number of nitrogens with zero attached hydrogens (tertiary/aromatic N) is 1. The summed E-state index contributed by atoms with van der Waals surface area (Å²) in [4.78, 5) is 38.0. The summed E-state index contributed by atoms with van der Waals surface area (Å²) in [6.07, 6.45) is -0.587. The summed E-state index contributed by atoms with van der Waals surface area (Å²) in [5.74, 6) is -1.22. The predicted octanol–water partition coefficient (Wildman–Crippen LogP) is 2.19. The number of carbonyl (C=O) groups is 3. The second-order valence-corrected chi connectivity index (χ2v) is 7.53. The van der Waals surface area contributed by atoms with Crippen LogP contribution in [0.4, 0.5) is 4.79 Å². The van der Waals surface area contributed by atoms with Gasteiger partial charge < -0.3 is 14.8 Å². The van der Waals surface area contributed by atoms with E-state index in [0.717, 1.165) is 0 Å². The zero-order valence-electron chi connectivity index (χ0n) is 16.3. The number of hydrogen-bond acceptors (Lipinski definition) is 5. The molecule has 140 valence electrons. The highest BCUT2D eigenvalue weighted by atomic mass is 16.6. The van der Waals surface area contributed by atoms with Gasteiger partial charge in [0.1, 0.15) is 17.7 Å². The third-order valence-electron chi connectivity index (χ3n) is 3.42. The summed E-state index contributed by atoms with van der Waals surface area (Å²) < 4.78 is 10.0. The molecule has 7 nitrogen and oxygen atoms in total. The minimum absolute atomic E-state index is 0.138. The van der Waals surface area contributed by atoms with Crippen LogP contribution in [0, 0.1) is 11.8 Å².